The number of nitrogens with one attached hydrogen (secondary N) is 1. The molecule has 0 amide bonds. The first-order chi connectivity index (χ1) is 7.63. The van der Waals surface area contributed by atoms with Gasteiger partial charge in [0.25, 0.3) is 0 Å². The third-order valence-electron chi connectivity index (χ3n) is 3.38. The van der Waals surface area contributed by atoms with E-state index >= 15 is 0 Å². The van der Waals surface area contributed by atoms with Crippen LogP contribution in [0.2, 0.25) is 0 Å². The molecule has 1 atom stereocenters. The highest BCUT2D eigenvalue weighted by molar-refractivity contribution is 5.24. The molecule has 0 bridgehead atoms. The Morgan fingerprint density at radius 1 is 1.19 bits per heavy atom. The first kappa shape index (κ1) is 13.3. The molecule has 16 heavy (non-hydrogen) atoms. The Bertz CT molecular complexity index is 261. The van der Waals surface area contributed by atoms with Crippen LogP contribution in [0.3, 0.4) is 0 Å². The number of allylic oxidation sites excluding steroid dienone is 4. The summed E-state index contributed by atoms with van der Waals surface area (Å²) in [6.07, 6.45) is 9.63. The fraction of sp³-hybridized carbons (Fsp3) is 0.733. The molecule has 1 heteroatoms. The SMILES string of the molecule is CCC[C@H](C)CNC1=CC=C(C(C)C)CC1. The van der Waals surface area contributed by atoms with E-state index in [1.54, 1.807) is 5.57 Å². The number of rotatable bonds is 6. The highest BCUT2D eigenvalue weighted by Gasteiger charge is 2.09. The summed E-state index contributed by atoms with van der Waals surface area (Å²) in [4.78, 5) is 0. The Kier molecular flexibility index (Phi) is 5.65. The second kappa shape index (κ2) is 6.78. The highest BCUT2D eigenvalue weighted by Crippen LogP contribution is 2.22. The van der Waals surface area contributed by atoms with Crippen LogP contribution in [0.5, 0.6) is 0 Å². The van der Waals surface area contributed by atoms with Gasteiger partial charge >= 0.3 is 0 Å². The molecule has 0 heterocycles. The van der Waals surface area contributed by atoms with Crippen LogP contribution in [0.4, 0.5) is 0 Å². The molecule has 0 aromatic heterocycles. The van der Waals surface area contributed by atoms with E-state index in [1.165, 1.54) is 31.4 Å². The summed E-state index contributed by atoms with van der Waals surface area (Å²) in [6.45, 7) is 10.3. The molecule has 0 aromatic rings. The van der Waals surface area contributed by atoms with Gasteiger partial charge in [0.1, 0.15) is 0 Å². The van der Waals surface area contributed by atoms with Crippen LogP contribution in [0.25, 0.3) is 0 Å². The van der Waals surface area contributed by atoms with Gasteiger partial charge in [0.05, 0.1) is 0 Å². The molecule has 92 valence electrons. The monoisotopic (exact) mass is 221 g/mol. The first-order valence-corrected chi connectivity index (χ1v) is 6.77. The van der Waals surface area contributed by atoms with E-state index in [-0.39, 0.29) is 0 Å². The highest BCUT2D eigenvalue weighted by atomic mass is 14.9. The van der Waals surface area contributed by atoms with Crippen LogP contribution < -0.4 is 5.32 Å². The van der Waals surface area contributed by atoms with E-state index in [1.807, 2.05) is 0 Å². The summed E-state index contributed by atoms with van der Waals surface area (Å²) in [5.74, 6) is 1.50. The van der Waals surface area contributed by atoms with Gasteiger partial charge in [-0.1, -0.05) is 45.8 Å². The zero-order valence-corrected chi connectivity index (χ0v) is 11.3. The fourth-order valence-corrected chi connectivity index (χ4v) is 2.18. The first-order valence-electron chi connectivity index (χ1n) is 6.77. The Hall–Kier alpha value is -0.720. The molecule has 1 N–H and O–H groups in total. The van der Waals surface area contributed by atoms with Crippen molar-refractivity contribution in [1.29, 1.82) is 0 Å². The van der Waals surface area contributed by atoms with Crippen LogP contribution in [-0.2, 0) is 0 Å². The average Bonchev–Trinajstić information content (AvgIpc) is 2.27. The van der Waals surface area contributed by atoms with Gasteiger partial charge < -0.3 is 5.32 Å². The molecule has 0 unspecified atom stereocenters. The molecule has 1 aliphatic rings. The number of hydrogen-bond acceptors (Lipinski definition) is 1. The van der Waals surface area contributed by atoms with E-state index in [4.69, 9.17) is 0 Å². The molecular formula is C15H27N. The molecule has 1 rings (SSSR count). The van der Waals surface area contributed by atoms with Crippen molar-refractivity contribution in [1.82, 2.24) is 5.32 Å². The minimum atomic E-state index is 0.705. The predicted molar refractivity (Wildman–Crippen MR) is 72.3 cm³/mol. The Labute approximate surface area is 101 Å². The molecule has 0 saturated heterocycles. The summed E-state index contributed by atoms with van der Waals surface area (Å²) in [7, 11) is 0. The van der Waals surface area contributed by atoms with Crippen molar-refractivity contribution in [3.05, 3.63) is 23.4 Å². The second-order valence-electron chi connectivity index (χ2n) is 5.36. The van der Waals surface area contributed by atoms with E-state index in [2.05, 4.69) is 45.2 Å². The van der Waals surface area contributed by atoms with Gasteiger partial charge in [0, 0.05) is 12.2 Å². The molecule has 0 fully saturated rings. The fourth-order valence-electron chi connectivity index (χ4n) is 2.18. The van der Waals surface area contributed by atoms with Gasteiger partial charge in [-0.2, -0.15) is 0 Å². The van der Waals surface area contributed by atoms with E-state index in [0.29, 0.717) is 5.92 Å². The molecule has 0 aromatic carbocycles. The van der Waals surface area contributed by atoms with Gasteiger partial charge in [0.2, 0.25) is 0 Å². The number of hydrogen-bond donors (Lipinski definition) is 1. The zero-order valence-electron chi connectivity index (χ0n) is 11.3. The maximum absolute atomic E-state index is 3.58. The van der Waals surface area contributed by atoms with Gasteiger partial charge in [-0.15, -0.1) is 0 Å². The molecule has 1 nitrogen and oxygen atoms in total. The lowest BCUT2D eigenvalue weighted by Gasteiger charge is -2.20. The lowest BCUT2D eigenvalue weighted by atomic mass is 9.93. The summed E-state index contributed by atoms with van der Waals surface area (Å²) < 4.78 is 0. The molecule has 0 saturated carbocycles. The molecule has 0 aliphatic heterocycles. The van der Waals surface area contributed by atoms with Gasteiger partial charge in [-0.05, 0) is 37.2 Å². The van der Waals surface area contributed by atoms with Crippen molar-refractivity contribution in [2.75, 3.05) is 6.54 Å². The Balaban J connectivity index is 2.34. The van der Waals surface area contributed by atoms with Crippen molar-refractivity contribution in [2.45, 2.75) is 53.4 Å². The van der Waals surface area contributed by atoms with Crippen molar-refractivity contribution in [3.63, 3.8) is 0 Å². The summed E-state index contributed by atoms with van der Waals surface area (Å²) in [6, 6.07) is 0. The van der Waals surface area contributed by atoms with Crippen LogP contribution in [0, 0.1) is 11.8 Å². The average molecular weight is 221 g/mol. The maximum atomic E-state index is 3.58. The standard InChI is InChI=1S/C15H27N/c1-5-6-13(4)11-16-15-9-7-14(8-10-15)12(2)3/h7,9,12-13,16H,5-6,8,10-11H2,1-4H3/t13-/m0/s1. The smallest absolute Gasteiger partial charge is 0.0169 e. The van der Waals surface area contributed by atoms with Gasteiger partial charge in [0.15, 0.2) is 0 Å². The van der Waals surface area contributed by atoms with Gasteiger partial charge in [-0.3, -0.25) is 0 Å². The lowest BCUT2D eigenvalue weighted by molar-refractivity contribution is 0.493. The van der Waals surface area contributed by atoms with Crippen molar-refractivity contribution in [2.24, 2.45) is 11.8 Å². The van der Waals surface area contributed by atoms with Gasteiger partial charge in [-0.25, -0.2) is 0 Å². The van der Waals surface area contributed by atoms with E-state index in [0.717, 1.165) is 12.5 Å². The van der Waals surface area contributed by atoms with Crippen molar-refractivity contribution < 1.29 is 0 Å². The lowest BCUT2D eigenvalue weighted by Crippen LogP contribution is -2.21. The van der Waals surface area contributed by atoms with Crippen LogP contribution in [0.1, 0.15) is 53.4 Å². The third-order valence-corrected chi connectivity index (χ3v) is 3.38. The molecule has 0 spiro atoms. The molecule has 0 radical (unpaired) electrons. The van der Waals surface area contributed by atoms with Crippen LogP contribution >= 0.6 is 0 Å². The normalized spacial score (nSPS) is 18.1. The van der Waals surface area contributed by atoms with E-state index < -0.39 is 0 Å². The van der Waals surface area contributed by atoms with Crippen LogP contribution in [0.15, 0.2) is 23.4 Å². The van der Waals surface area contributed by atoms with Crippen molar-refractivity contribution >= 4 is 0 Å². The predicted octanol–water partition coefficient (Wildman–Crippen LogP) is 4.27. The second-order valence-corrected chi connectivity index (χ2v) is 5.36. The quantitative estimate of drug-likeness (QED) is 0.706. The maximum Gasteiger partial charge on any atom is 0.0169 e. The molecule has 1 aliphatic carbocycles. The largest absolute Gasteiger partial charge is 0.388 e. The van der Waals surface area contributed by atoms with Crippen LogP contribution in [-0.4, -0.2) is 6.54 Å². The summed E-state index contributed by atoms with van der Waals surface area (Å²) >= 11 is 0. The summed E-state index contributed by atoms with van der Waals surface area (Å²) in [5.41, 5.74) is 3.01. The summed E-state index contributed by atoms with van der Waals surface area (Å²) in [5, 5.41) is 3.58. The minimum Gasteiger partial charge on any atom is -0.388 e. The Morgan fingerprint density at radius 2 is 1.94 bits per heavy atom. The van der Waals surface area contributed by atoms with E-state index in [9.17, 15) is 0 Å². The molecular weight excluding hydrogens is 194 g/mol. The topological polar surface area (TPSA) is 12.0 Å². The van der Waals surface area contributed by atoms with Crippen molar-refractivity contribution in [3.8, 4) is 0 Å². The minimum absolute atomic E-state index is 0.705. The third kappa shape index (κ3) is 4.42. The Morgan fingerprint density at radius 3 is 2.44 bits per heavy atom. The zero-order chi connectivity index (χ0) is 12.0.